The van der Waals surface area contributed by atoms with E-state index in [0.717, 1.165) is 16.8 Å². The van der Waals surface area contributed by atoms with Crippen molar-refractivity contribution in [1.82, 2.24) is 4.98 Å². The van der Waals surface area contributed by atoms with Gasteiger partial charge in [0.1, 0.15) is 16.5 Å². The van der Waals surface area contributed by atoms with Gasteiger partial charge in [-0.15, -0.1) is 11.3 Å². The van der Waals surface area contributed by atoms with Crippen molar-refractivity contribution >= 4 is 37.3 Å². The van der Waals surface area contributed by atoms with Gasteiger partial charge in [-0.05, 0) is 36.4 Å². The van der Waals surface area contributed by atoms with Crippen LogP contribution in [0.15, 0.2) is 46.8 Å². The molecule has 108 valence electrons. The number of hydrogen-bond acceptors (Lipinski definition) is 4. The molecule has 0 aliphatic heterocycles. The highest BCUT2D eigenvalue weighted by Crippen LogP contribution is 2.24. The molecule has 8 heteroatoms. The summed E-state index contributed by atoms with van der Waals surface area (Å²) in [6, 6.07) is 7.03. The molecule has 0 fully saturated rings. The highest BCUT2D eigenvalue weighted by atomic mass is 32.2. The van der Waals surface area contributed by atoms with E-state index in [2.05, 4.69) is 9.71 Å². The largest absolute Gasteiger partial charge is 0.279 e. The zero-order valence-corrected chi connectivity index (χ0v) is 12.0. The van der Waals surface area contributed by atoms with Gasteiger partial charge in [-0.25, -0.2) is 22.2 Å². The molecule has 3 aromatic rings. The second-order valence-corrected chi connectivity index (χ2v) is 6.75. The number of sulfonamides is 1. The Hall–Kier alpha value is -2.06. The summed E-state index contributed by atoms with van der Waals surface area (Å²) >= 11 is 1.42. The molecule has 4 nitrogen and oxygen atoms in total. The molecule has 0 unspecified atom stereocenters. The van der Waals surface area contributed by atoms with Gasteiger partial charge < -0.3 is 0 Å². The SMILES string of the molecule is O=S(=O)(Nc1ccc2scnc2c1)c1cc(F)ccc1F. The first-order valence-electron chi connectivity index (χ1n) is 5.77. The Balaban J connectivity index is 2.00. The fourth-order valence-electron chi connectivity index (χ4n) is 1.81. The van der Waals surface area contributed by atoms with E-state index in [1.807, 2.05) is 0 Å². The van der Waals surface area contributed by atoms with Gasteiger partial charge in [0.25, 0.3) is 10.0 Å². The second kappa shape index (κ2) is 5.05. The standard InChI is InChI=1S/C13H8F2N2O2S2/c14-8-1-3-10(15)13(5-8)21(18,19)17-9-2-4-12-11(6-9)16-7-20-12/h1-7,17H. The van der Waals surface area contributed by atoms with Gasteiger partial charge in [0.2, 0.25) is 0 Å². The van der Waals surface area contributed by atoms with Crippen molar-refractivity contribution in [3.05, 3.63) is 53.5 Å². The Labute approximate surface area is 123 Å². The Bertz CT molecular complexity index is 923. The summed E-state index contributed by atoms with van der Waals surface area (Å²) in [6.45, 7) is 0. The maximum absolute atomic E-state index is 13.6. The van der Waals surface area contributed by atoms with Gasteiger partial charge in [0.05, 0.1) is 21.4 Å². The van der Waals surface area contributed by atoms with E-state index in [4.69, 9.17) is 0 Å². The fourth-order valence-corrected chi connectivity index (χ4v) is 3.61. The van der Waals surface area contributed by atoms with Gasteiger partial charge in [-0.3, -0.25) is 4.72 Å². The van der Waals surface area contributed by atoms with Crippen LogP contribution in [0.2, 0.25) is 0 Å². The highest BCUT2D eigenvalue weighted by Gasteiger charge is 2.20. The molecule has 0 atom stereocenters. The number of hydrogen-bond donors (Lipinski definition) is 1. The maximum atomic E-state index is 13.6. The molecule has 0 bridgehead atoms. The number of rotatable bonds is 3. The highest BCUT2D eigenvalue weighted by molar-refractivity contribution is 7.92. The predicted molar refractivity (Wildman–Crippen MR) is 76.8 cm³/mol. The summed E-state index contributed by atoms with van der Waals surface area (Å²) in [6.07, 6.45) is 0. The molecule has 1 aromatic heterocycles. The number of aromatic nitrogens is 1. The van der Waals surface area contributed by atoms with Crippen molar-refractivity contribution in [3.8, 4) is 0 Å². The monoisotopic (exact) mass is 326 g/mol. The minimum Gasteiger partial charge on any atom is -0.279 e. The molecule has 0 aliphatic carbocycles. The lowest BCUT2D eigenvalue weighted by Crippen LogP contribution is -2.14. The minimum absolute atomic E-state index is 0.233. The van der Waals surface area contributed by atoms with Crippen molar-refractivity contribution in [2.24, 2.45) is 0 Å². The van der Waals surface area contributed by atoms with Crippen molar-refractivity contribution in [1.29, 1.82) is 0 Å². The van der Waals surface area contributed by atoms with Gasteiger partial charge in [-0.2, -0.15) is 0 Å². The summed E-state index contributed by atoms with van der Waals surface area (Å²) in [5, 5.41) is 0. The summed E-state index contributed by atoms with van der Waals surface area (Å²) in [7, 11) is -4.21. The van der Waals surface area contributed by atoms with Gasteiger partial charge >= 0.3 is 0 Å². The van der Waals surface area contributed by atoms with Crippen LogP contribution in [0.3, 0.4) is 0 Å². The third-order valence-electron chi connectivity index (χ3n) is 2.77. The molecule has 0 saturated carbocycles. The van der Waals surface area contributed by atoms with Crippen molar-refractivity contribution in [2.45, 2.75) is 4.90 Å². The lowest BCUT2D eigenvalue weighted by molar-refractivity contribution is 0.555. The van der Waals surface area contributed by atoms with Crippen LogP contribution in [-0.4, -0.2) is 13.4 Å². The summed E-state index contributed by atoms with van der Waals surface area (Å²) in [5.74, 6) is -1.84. The van der Waals surface area contributed by atoms with E-state index in [0.29, 0.717) is 11.6 Å². The fraction of sp³-hybridized carbons (Fsp3) is 0. The maximum Gasteiger partial charge on any atom is 0.264 e. The molecule has 0 spiro atoms. The first kappa shape index (κ1) is 13.9. The van der Waals surface area contributed by atoms with Crippen LogP contribution in [0.1, 0.15) is 0 Å². The van der Waals surface area contributed by atoms with E-state index in [1.165, 1.54) is 23.5 Å². The van der Waals surface area contributed by atoms with E-state index in [1.54, 1.807) is 11.6 Å². The number of fused-ring (bicyclic) bond motifs is 1. The molecule has 1 N–H and O–H groups in total. The Morgan fingerprint density at radius 1 is 1.10 bits per heavy atom. The van der Waals surface area contributed by atoms with E-state index in [-0.39, 0.29) is 5.69 Å². The van der Waals surface area contributed by atoms with Gasteiger partial charge in [0, 0.05) is 0 Å². The average Bonchev–Trinajstić information content (AvgIpc) is 2.88. The lowest BCUT2D eigenvalue weighted by Gasteiger charge is -2.09. The molecule has 0 radical (unpaired) electrons. The summed E-state index contributed by atoms with van der Waals surface area (Å²) in [4.78, 5) is 3.33. The van der Waals surface area contributed by atoms with E-state index in [9.17, 15) is 17.2 Å². The average molecular weight is 326 g/mol. The Morgan fingerprint density at radius 2 is 1.90 bits per heavy atom. The second-order valence-electron chi connectivity index (χ2n) is 4.22. The number of nitrogens with zero attached hydrogens (tertiary/aromatic N) is 1. The van der Waals surface area contributed by atoms with Gasteiger partial charge in [-0.1, -0.05) is 0 Å². The van der Waals surface area contributed by atoms with E-state index < -0.39 is 26.6 Å². The third kappa shape index (κ3) is 2.72. The van der Waals surface area contributed by atoms with Crippen molar-refractivity contribution in [2.75, 3.05) is 4.72 Å². The molecular formula is C13H8F2N2O2S2. The summed E-state index contributed by atoms with van der Waals surface area (Å²) in [5.41, 5.74) is 2.49. The van der Waals surface area contributed by atoms with Crippen LogP contribution in [0.25, 0.3) is 10.2 Å². The number of halogens is 2. The van der Waals surface area contributed by atoms with Crippen LogP contribution >= 0.6 is 11.3 Å². The number of benzene rings is 2. The first-order chi connectivity index (χ1) is 9.95. The predicted octanol–water partition coefficient (Wildman–Crippen LogP) is 3.38. The topological polar surface area (TPSA) is 59.1 Å². The first-order valence-corrected chi connectivity index (χ1v) is 8.13. The molecule has 2 aromatic carbocycles. The van der Waals surface area contributed by atoms with Crippen molar-refractivity contribution < 1.29 is 17.2 Å². The normalized spacial score (nSPS) is 11.7. The molecule has 1 heterocycles. The quantitative estimate of drug-likeness (QED) is 0.803. The smallest absolute Gasteiger partial charge is 0.264 e. The molecule has 0 amide bonds. The number of anilines is 1. The molecular weight excluding hydrogens is 318 g/mol. The minimum atomic E-state index is -4.21. The number of nitrogens with one attached hydrogen (secondary N) is 1. The molecule has 0 saturated heterocycles. The zero-order valence-electron chi connectivity index (χ0n) is 10.4. The van der Waals surface area contributed by atoms with Crippen LogP contribution < -0.4 is 4.72 Å². The summed E-state index contributed by atoms with van der Waals surface area (Å²) < 4.78 is 54.0. The Morgan fingerprint density at radius 3 is 2.71 bits per heavy atom. The Kier molecular flexibility index (Phi) is 3.34. The van der Waals surface area contributed by atoms with Gasteiger partial charge in [0.15, 0.2) is 0 Å². The number of thiazole rings is 1. The van der Waals surface area contributed by atoms with Crippen LogP contribution in [-0.2, 0) is 10.0 Å². The molecule has 21 heavy (non-hydrogen) atoms. The van der Waals surface area contributed by atoms with Crippen LogP contribution in [0.5, 0.6) is 0 Å². The van der Waals surface area contributed by atoms with Crippen LogP contribution in [0.4, 0.5) is 14.5 Å². The van der Waals surface area contributed by atoms with Crippen molar-refractivity contribution in [3.63, 3.8) is 0 Å². The molecule has 3 rings (SSSR count). The van der Waals surface area contributed by atoms with Crippen LogP contribution in [0, 0.1) is 11.6 Å². The lowest BCUT2D eigenvalue weighted by atomic mass is 10.3. The zero-order chi connectivity index (χ0) is 15.0. The molecule has 0 aliphatic rings. The van der Waals surface area contributed by atoms with E-state index >= 15 is 0 Å². The third-order valence-corrected chi connectivity index (χ3v) is 4.97.